The second kappa shape index (κ2) is 8.78. The largest absolute Gasteiger partial charge is 0.435 e. The van der Waals surface area contributed by atoms with Crippen LogP contribution in [0.25, 0.3) is 5.69 Å². The van der Waals surface area contributed by atoms with Crippen molar-refractivity contribution in [3.8, 4) is 5.69 Å². The van der Waals surface area contributed by atoms with Gasteiger partial charge in [-0.05, 0) is 61.7 Å². The molecule has 0 saturated carbocycles. The molecule has 3 aromatic rings. The highest BCUT2D eigenvalue weighted by Gasteiger charge is 2.42. The number of rotatable bonds is 4. The smallest absolute Gasteiger partial charge is 0.370 e. The van der Waals surface area contributed by atoms with Gasteiger partial charge in [-0.2, -0.15) is 13.2 Å². The van der Waals surface area contributed by atoms with Crippen molar-refractivity contribution in [1.29, 1.82) is 0 Å². The molecule has 32 heavy (non-hydrogen) atoms. The SMILES string of the molecule is O=C(Nc1ccc(N2CCCCC2)c(Cl)c1)c1nnn(-c2ccc(F)cc2)c1C(F)(F)F. The lowest BCUT2D eigenvalue weighted by Crippen LogP contribution is -2.29. The van der Waals surface area contributed by atoms with Crippen LogP contribution in [0.4, 0.5) is 28.9 Å². The summed E-state index contributed by atoms with van der Waals surface area (Å²) in [6.07, 6.45) is -1.67. The molecule has 1 N–H and O–H groups in total. The van der Waals surface area contributed by atoms with Crippen molar-refractivity contribution in [3.63, 3.8) is 0 Å². The Labute approximate surface area is 185 Å². The fraction of sp³-hybridized carbons (Fsp3) is 0.286. The number of alkyl halides is 3. The Hall–Kier alpha value is -3.14. The third-order valence-corrected chi connectivity index (χ3v) is 5.43. The van der Waals surface area contributed by atoms with Gasteiger partial charge in [-0.25, -0.2) is 9.07 Å². The van der Waals surface area contributed by atoms with E-state index in [9.17, 15) is 22.4 Å². The van der Waals surface area contributed by atoms with Crippen LogP contribution in [0.15, 0.2) is 42.5 Å². The predicted octanol–water partition coefficient (Wildman–Crippen LogP) is 5.32. The first-order chi connectivity index (χ1) is 15.2. The van der Waals surface area contributed by atoms with Crippen molar-refractivity contribution < 1.29 is 22.4 Å². The lowest BCUT2D eigenvalue weighted by molar-refractivity contribution is -0.143. The summed E-state index contributed by atoms with van der Waals surface area (Å²) in [6, 6.07) is 8.99. The van der Waals surface area contributed by atoms with Crippen LogP contribution >= 0.6 is 11.6 Å². The minimum Gasteiger partial charge on any atom is -0.370 e. The van der Waals surface area contributed by atoms with E-state index in [-0.39, 0.29) is 11.4 Å². The van der Waals surface area contributed by atoms with E-state index in [4.69, 9.17) is 11.6 Å². The van der Waals surface area contributed by atoms with Gasteiger partial charge in [-0.3, -0.25) is 4.79 Å². The van der Waals surface area contributed by atoms with Crippen molar-refractivity contribution in [1.82, 2.24) is 15.0 Å². The number of carbonyl (C=O) groups excluding carboxylic acids is 1. The first-order valence-corrected chi connectivity index (χ1v) is 10.3. The zero-order valence-electron chi connectivity index (χ0n) is 16.7. The molecule has 0 bridgehead atoms. The van der Waals surface area contributed by atoms with Crippen molar-refractivity contribution in [2.45, 2.75) is 25.4 Å². The highest BCUT2D eigenvalue weighted by molar-refractivity contribution is 6.33. The lowest BCUT2D eigenvalue weighted by atomic mass is 10.1. The Morgan fingerprint density at radius 2 is 1.72 bits per heavy atom. The van der Waals surface area contributed by atoms with Crippen LogP contribution < -0.4 is 10.2 Å². The summed E-state index contributed by atoms with van der Waals surface area (Å²) in [5.74, 6) is -1.71. The molecule has 1 saturated heterocycles. The van der Waals surface area contributed by atoms with Gasteiger partial charge in [0.05, 0.1) is 16.4 Å². The van der Waals surface area contributed by atoms with E-state index < -0.39 is 29.3 Å². The lowest BCUT2D eigenvalue weighted by Gasteiger charge is -2.29. The molecule has 0 unspecified atom stereocenters. The standard InChI is InChI=1S/C21H18ClF4N5O/c22-16-12-14(6-9-17(16)30-10-2-1-3-11-30)27-20(32)18-19(21(24,25)26)31(29-28-18)15-7-4-13(23)5-8-15/h4-9,12H,1-3,10-11H2,(H,27,32). The zero-order valence-corrected chi connectivity index (χ0v) is 17.4. The molecule has 6 nitrogen and oxygen atoms in total. The molecule has 0 spiro atoms. The summed E-state index contributed by atoms with van der Waals surface area (Å²) in [5, 5.41) is 9.69. The van der Waals surface area contributed by atoms with E-state index in [1.807, 2.05) is 0 Å². The molecule has 0 aliphatic carbocycles. The van der Waals surface area contributed by atoms with E-state index in [1.54, 1.807) is 12.1 Å². The summed E-state index contributed by atoms with van der Waals surface area (Å²) in [7, 11) is 0. The number of benzene rings is 2. The Kier molecular flexibility index (Phi) is 6.05. The average molecular weight is 468 g/mol. The van der Waals surface area contributed by atoms with Crippen LogP contribution in [0.3, 0.4) is 0 Å². The van der Waals surface area contributed by atoms with Gasteiger partial charge in [-0.1, -0.05) is 16.8 Å². The number of aromatic nitrogens is 3. The van der Waals surface area contributed by atoms with Gasteiger partial charge in [-0.15, -0.1) is 5.10 Å². The third-order valence-electron chi connectivity index (χ3n) is 5.13. The molecule has 0 atom stereocenters. The minimum atomic E-state index is -4.93. The van der Waals surface area contributed by atoms with Gasteiger partial charge in [0.1, 0.15) is 5.82 Å². The quantitative estimate of drug-likeness (QED) is 0.527. The van der Waals surface area contributed by atoms with Crippen molar-refractivity contribution in [2.24, 2.45) is 0 Å². The van der Waals surface area contributed by atoms with Crippen LogP contribution in [0, 0.1) is 5.82 Å². The topological polar surface area (TPSA) is 63.1 Å². The van der Waals surface area contributed by atoms with Crippen LogP contribution in [0.5, 0.6) is 0 Å². The summed E-state index contributed by atoms with van der Waals surface area (Å²) in [4.78, 5) is 14.8. The van der Waals surface area contributed by atoms with Gasteiger partial charge >= 0.3 is 6.18 Å². The van der Waals surface area contributed by atoms with Gasteiger partial charge in [0.25, 0.3) is 5.91 Å². The second-order valence-corrected chi connectivity index (χ2v) is 7.75. The molecule has 0 radical (unpaired) electrons. The fourth-order valence-electron chi connectivity index (χ4n) is 3.62. The number of amides is 1. The maximum atomic E-state index is 13.7. The maximum Gasteiger partial charge on any atom is 0.435 e. The van der Waals surface area contributed by atoms with Crippen LogP contribution in [-0.2, 0) is 6.18 Å². The average Bonchev–Trinajstić information content (AvgIpc) is 3.21. The Bertz CT molecular complexity index is 1120. The van der Waals surface area contributed by atoms with E-state index in [0.717, 1.165) is 62.3 Å². The number of carbonyl (C=O) groups is 1. The van der Waals surface area contributed by atoms with E-state index in [2.05, 4.69) is 20.5 Å². The predicted molar refractivity (Wildman–Crippen MR) is 112 cm³/mol. The van der Waals surface area contributed by atoms with Crippen LogP contribution in [0.1, 0.15) is 35.4 Å². The minimum absolute atomic E-state index is 0.0841. The molecule has 2 heterocycles. The Balaban J connectivity index is 1.61. The zero-order chi connectivity index (χ0) is 22.9. The number of piperidine rings is 1. The molecule has 1 amide bonds. The van der Waals surface area contributed by atoms with E-state index in [0.29, 0.717) is 9.70 Å². The number of hydrogen-bond donors (Lipinski definition) is 1. The van der Waals surface area contributed by atoms with Crippen LogP contribution in [0.2, 0.25) is 5.02 Å². The third kappa shape index (κ3) is 4.55. The number of nitrogens with one attached hydrogen (secondary N) is 1. The van der Waals surface area contributed by atoms with Gasteiger partial charge < -0.3 is 10.2 Å². The van der Waals surface area contributed by atoms with Gasteiger partial charge in [0.2, 0.25) is 0 Å². The number of anilines is 2. The molecule has 1 aliphatic rings. The molecule has 168 valence electrons. The molecule has 1 aliphatic heterocycles. The van der Waals surface area contributed by atoms with E-state index >= 15 is 0 Å². The maximum absolute atomic E-state index is 13.7. The highest BCUT2D eigenvalue weighted by atomic mass is 35.5. The summed E-state index contributed by atoms with van der Waals surface area (Å²) >= 11 is 6.36. The molecule has 11 heteroatoms. The molecule has 4 rings (SSSR count). The summed E-state index contributed by atoms with van der Waals surface area (Å²) in [6.45, 7) is 1.74. The highest BCUT2D eigenvalue weighted by Crippen LogP contribution is 2.34. The first-order valence-electron chi connectivity index (χ1n) is 9.89. The molecular weight excluding hydrogens is 450 g/mol. The van der Waals surface area contributed by atoms with Crippen molar-refractivity contribution in [2.75, 3.05) is 23.3 Å². The second-order valence-electron chi connectivity index (χ2n) is 7.34. The monoisotopic (exact) mass is 467 g/mol. The molecule has 1 aromatic heterocycles. The number of hydrogen-bond acceptors (Lipinski definition) is 4. The molecule has 1 fully saturated rings. The van der Waals surface area contributed by atoms with Crippen LogP contribution in [-0.4, -0.2) is 34.0 Å². The normalized spacial score (nSPS) is 14.5. The van der Waals surface area contributed by atoms with E-state index in [1.165, 1.54) is 6.07 Å². The summed E-state index contributed by atoms with van der Waals surface area (Å²) < 4.78 is 54.8. The van der Waals surface area contributed by atoms with Crippen molar-refractivity contribution >= 4 is 28.9 Å². The fourth-order valence-corrected chi connectivity index (χ4v) is 3.92. The first kappa shape index (κ1) is 22.1. The molecular formula is C21H18ClF4N5O. The number of halogens is 5. The number of nitrogens with zero attached hydrogens (tertiary/aromatic N) is 4. The van der Waals surface area contributed by atoms with Gasteiger partial charge in [0.15, 0.2) is 11.4 Å². The Morgan fingerprint density at radius 1 is 1.03 bits per heavy atom. The van der Waals surface area contributed by atoms with Gasteiger partial charge in [0, 0.05) is 18.8 Å². The van der Waals surface area contributed by atoms with Crippen molar-refractivity contribution in [3.05, 3.63) is 64.7 Å². The molecule has 2 aromatic carbocycles. The summed E-state index contributed by atoms with van der Waals surface area (Å²) in [5.41, 5.74) is -1.32. The Morgan fingerprint density at radius 3 is 2.34 bits per heavy atom.